The SMILES string of the molecule is N#C/C=[C]/[N+](=O)[O-]. The van der Waals surface area contributed by atoms with Crippen molar-refractivity contribution in [3.8, 4) is 6.07 Å². The van der Waals surface area contributed by atoms with Gasteiger partial charge in [0.25, 0.3) is 0 Å². The predicted octanol–water partition coefficient (Wildman–Crippen LogP) is 0.104. The second kappa shape index (κ2) is 2.85. The molecule has 0 atom stereocenters. The van der Waals surface area contributed by atoms with Crippen molar-refractivity contribution < 1.29 is 4.92 Å². The lowest BCUT2D eigenvalue weighted by molar-refractivity contribution is -0.419. The minimum absolute atomic E-state index is 0.681. The third-order valence-electron chi connectivity index (χ3n) is 0.235. The summed E-state index contributed by atoms with van der Waals surface area (Å²) in [7, 11) is 0. The lowest BCUT2D eigenvalue weighted by Gasteiger charge is -1.65. The van der Waals surface area contributed by atoms with Crippen molar-refractivity contribution in [2.75, 3.05) is 0 Å². The zero-order chi connectivity index (χ0) is 5.70. The highest BCUT2D eigenvalue weighted by Gasteiger charge is 1.81. The smallest absolute Gasteiger partial charge is 0.258 e. The summed E-state index contributed by atoms with van der Waals surface area (Å²) in [6, 6.07) is 1.42. The standard InChI is InChI=1S/C3HN2O2/c4-2-1-3-5(6)7/h1H. The topological polar surface area (TPSA) is 66.9 Å². The van der Waals surface area contributed by atoms with E-state index in [0.29, 0.717) is 6.08 Å². The van der Waals surface area contributed by atoms with Crippen LogP contribution in [0.5, 0.6) is 0 Å². The molecular formula is C3HN2O2. The van der Waals surface area contributed by atoms with Crippen molar-refractivity contribution in [2.45, 2.75) is 0 Å². The van der Waals surface area contributed by atoms with E-state index in [9.17, 15) is 10.1 Å². The van der Waals surface area contributed by atoms with E-state index in [4.69, 9.17) is 5.26 Å². The molecule has 35 valence electrons. The number of rotatable bonds is 1. The van der Waals surface area contributed by atoms with Crippen molar-refractivity contribution in [2.24, 2.45) is 0 Å². The summed E-state index contributed by atoms with van der Waals surface area (Å²) in [4.78, 5) is 8.45. The van der Waals surface area contributed by atoms with Crippen LogP contribution in [0, 0.1) is 27.6 Å². The molecule has 4 nitrogen and oxygen atoms in total. The second-order valence-electron chi connectivity index (χ2n) is 0.660. The maximum atomic E-state index is 9.27. The minimum atomic E-state index is -0.816. The summed E-state index contributed by atoms with van der Waals surface area (Å²) < 4.78 is 0. The molecular weight excluding hydrogens is 96.0 g/mol. The van der Waals surface area contributed by atoms with Gasteiger partial charge in [0, 0.05) is 0 Å². The zero-order valence-electron chi connectivity index (χ0n) is 3.29. The van der Waals surface area contributed by atoms with Crippen molar-refractivity contribution in [3.05, 3.63) is 22.4 Å². The van der Waals surface area contributed by atoms with Crippen LogP contribution in [0.4, 0.5) is 0 Å². The Labute approximate surface area is 39.8 Å². The first-order valence-corrected chi connectivity index (χ1v) is 1.39. The maximum absolute atomic E-state index is 9.27. The lowest BCUT2D eigenvalue weighted by atomic mass is 10.7. The summed E-state index contributed by atoms with van der Waals surface area (Å²) in [6.45, 7) is 0. The molecule has 0 saturated carbocycles. The van der Waals surface area contributed by atoms with Gasteiger partial charge in [-0.05, 0) is 0 Å². The highest BCUT2D eigenvalue weighted by Crippen LogP contribution is 1.65. The summed E-state index contributed by atoms with van der Waals surface area (Å²) >= 11 is 0. The maximum Gasteiger partial charge on any atom is 0.357 e. The Morgan fingerprint density at radius 3 is 2.57 bits per heavy atom. The molecule has 0 aliphatic carbocycles. The van der Waals surface area contributed by atoms with E-state index in [1.54, 1.807) is 0 Å². The fourth-order valence-electron chi connectivity index (χ4n) is 0.0816. The van der Waals surface area contributed by atoms with Crippen LogP contribution >= 0.6 is 0 Å². The van der Waals surface area contributed by atoms with Crippen molar-refractivity contribution in [1.82, 2.24) is 0 Å². The Morgan fingerprint density at radius 2 is 2.43 bits per heavy atom. The largest absolute Gasteiger partial charge is 0.357 e. The van der Waals surface area contributed by atoms with Gasteiger partial charge >= 0.3 is 6.20 Å². The number of hydrogen-bond acceptors (Lipinski definition) is 3. The molecule has 0 bridgehead atoms. The second-order valence-corrected chi connectivity index (χ2v) is 0.660. The van der Waals surface area contributed by atoms with E-state index in [2.05, 4.69) is 0 Å². The highest BCUT2D eigenvalue weighted by molar-refractivity contribution is 4.93. The van der Waals surface area contributed by atoms with Gasteiger partial charge < -0.3 is 0 Å². The first kappa shape index (κ1) is 5.63. The molecule has 0 spiro atoms. The quantitative estimate of drug-likeness (QED) is 0.202. The Hall–Kier alpha value is -1.37. The molecule has 0 aromatic carbocycles. The molecule has 0 aliphatic rings. The molecule has 0 heterocycles. The van der Waals surface area contributed by atoms with Crippen molar-refractivity contribution in [3.63, 3.8) is 0 Å². The number of nitriles is 1. The summed E-state index contributed by atoms with van der Waals surface area (Å²) in [5, 5.41) is 16.9. The van der Waals surface area contributed by atoms with Gasteiger partial charge in [0.05, 0.1) is 11.0 Å². The Balaban J connectivity index is 3.53. The average molecular weight is 97.1 g/mol. The van der Waals surface area contributed by atoms with Crippen LogP contribution in [0.2, 0.25) is 0 Å². The molecule has 0 fully saturated rings. The summed E-state index contributed by atoms with van der Waals surface area (Å²) in [5.41, 5.74) is 0. The highest BCUT2D eigenvalue weighted by atomic mass is 16.6. The summed E-state index contributed by atoms with van der Waals surface area (Å²) in [5.74, 6) is 0. The molecule has 0 rings (SSSR count). The van der Waals surface area contributed by atoms with Gasteiger partial charge in [-0.1, -0.05) is 0 Å². The number of nitrogens with zero attached hydrogens (tertiary/aromatic N) is 2. The monoisotopic (exact) mass is 97.0 g/mol. The van der Waals surface area contributed by atoms with Crippen LogP contribution in [0.15, 0.2) is 6.08 Å². The summed E-state index contributed by atoms with van der Waals surface area (Å²) in [6.07, 6.45) is 2.21. The minimum Gasteiger partial charge on any atom is -0.258 e. The van der Waals surface area contributed by atoms with Crippen LogP contribution in [-0.2, 0) is 0 Å². The van der Waals surface area contributed by atoms with E-state index in [0.717, 1.165) is 0 Å². The average Bonchev–Trinajstić information content (AvgIpc) is 1.61. The first-order valence-electron chi connectivity index (χ1n) is 1.39. The van der Waals surface area contributed by atoms with Crippen LogP contribution in [0.25, 0.3) is 0 Å². The van der Waals surface area contributed by atoms with E-state index >= 15 is 0 Å². The molecule has 0 unspecified atom stereocenters. The van der Waals surface area contributed by atoms with E-state index in [1.807, 2.05) is 0 Å². The van der Waals surface area contributed by atoms with Crippen LogP contribution in [0.3, 0.4) is 0 Å². The van der Waals surface area contributed by atoms with Gasteiger partial charge in [-0.25, -0.2) is 0 Å². The van der Waals surface area contributed by atoms with Gasteiger partial charge in [0.2, 0.25) is 0 Å². The third kappa shape index (κ3) is 4.63. The Kier molecular flexibility index (Phi) is 2.29. The predicted molar refractivity (Wildman–Crippen MR) is 20.4 cm³/mol. The van der Waals surface area contributed by atoms with E-state index in [1.165, 1.54) is 12.3 Å². The van der Waals surface area contributed by atoms with Gasteiger partial charge in [-0.2, -0.15) is 5.26 Å². The van der Waals surface area contributed by atoms with Crippen LogP contribution in [-0.4, -0.2) is 4.92 Å². The van der Waals surface area contributed by atoms with Gasteiger partial charge in [0.15, 0.2) is 0 Å². The molecule has 0 aromatic rings. The normalized spacial score (nSPS) is 8.43. The molecule has 1 radical (unpaired) electrons. The van der Waals surface area contributed by atoms with Crippen LogP contribution < -0.4 is 0 Å². The van der Waals surface area contributed by atoms with E-state index < -0.39 is 4.92 Å². The molecule has 0 saturated heterocycles. The van der Waals surface area contributed by atoms with Crippen molar-refractivity contribution >= 4 is 0 Å². The van der Waals surface area contributed by atoms with E-state index in [-0.39, 0.29) is 0 Å². The Morgan fingerprint density at radius 1 is 1.86 bits per heavy atom. The lowest BCUT2D eigenvalue weighted by Crippen LogP contribution is -1.81. The number of nitro groups is 1. The van der Waals surface area contributed by atoms with Crippen LogP contribution in [0.1, 0.15) is 0 Å². The number of hydrogen-bond donors (Lipinski definition) is 0. The Bertz CT molecular complexity index is 132. The molecule has 4 heteroatoms. The van der Waals surface area contributed by atoms with Gasteiger partial charge in [-0.3, -0.25) is 10.1 Å². The van der Waals surface area contributed by atoms with Gasteiger partial charge in [-0.15, -0.1) is 0 Å². The molecule has 0 aliphatic heterocycles. The fraction of sp³-hybridized carbons (Fsp3) is 0. The first-order chi connectivity index (χ1) is 3.27. The molecule has 7 heavy (non-hydrogen) atoms. The molecule has 0 aromatic heterocycles. The van der Waals surface area contributed by atoms with Crippen molar-refractivity contribution in [1.29, 1.82) is 5.26 Å². The zero-order valence-corrected chi connectivity index (χ0v) is 3.29. The van der Waals surface area contributed by atoms with Gasteiger partial charge in [0.1, 0.15) is 6.08 Å². The molecule has 0 N–H and O–H groups in total. The fourth-order valence-corrected chi connectivity index (χ4v) is 0.0816. The molecule has 0 amide bonds. The number of allylic oxidation sites excluding steroid dienone is 1. The third-order valence-corrected chi connectivity index (χ3v) is 0.235.